The van der Waals surface area contributed by atoms with Crippen molar-refractivity contribution in [2.24, 2.45) is 5.92 Å². The molecule has 0 saturated carbocycles. The number of nitrogens with one attached hydrogen (secondary N) is 1. The van der Waals surface area contributed by atoms with Gasteiger partial charge >= 0.3 is 0 Å². The molecule has 3 aromatic rings. The number of carbonyl (C=O) groups excluding carboxylic acids is 1. The van der Waals surface area contributed by atoms with Gasteiger partial charge in [-0.15, -0.1) is 11.3 Å². The van der Waals surface area contributed by atoms with Crippen molar-refractivity contribution in [3.05, 3.63) is 81.9 Å². The number of piperidine rings is 1. The minimum absolute atomic E-state index is 0.00284. The van der Waals surface area contributed by atoms with Crippen LogP contribution in [0.2, 0.25) is 0 Å². The average molecular weight is 507 g/mol. The third-order valence-electron chi connectivity index (χ3n) is 7.08. The molecular weight excluding hydrogens is 475 g/mol. The van der Waals surface area contributed by atoms with E-state index in [-0.39, 0.29) is 29.8 Å². The molecule has 2 unspecified atom stereocenters. The molecule has 1 saturated heterocycles. The second kappa shape index (κ2) is 10.9. The second-order valence-electron chi connectivity index (χ2n) is 9.51. The smallest absolute Gasteiger partial charge is 0.252 e. The van der Waals surface area contributed by atoms with Gasteiger partial charge in [0.1, 0.15) is 11.9 Å². The molecule has 2 aliphatic rings. The van der Waals surface area contributed by atoms with Gasteiger partial charge in [0.05, 0.1) is 22.8 Å². The summed E-state index contributed by atoms with van der Waals surface area (Å²) in [6.45, 7) is 6.11. The maximum Gasteiger partial charge on any atom is 0.252 e. The van der Waals surface area contributed by atoms with Crippen molar-refractivity contribution in [2.45, 2.75) is 45.3 Å². The first-order valence-corrected chi connectivity index (χ1v) is 13.4. The number of aryl methyl sites for hydroxylation is 1. The molecule has 3 heterocycles. The normalized spacial score (nSPS) is 20.0. The Morgan fingerprint density at radius 3 is 2.83 bits per heavy atom. The number of pyridine rings is 1. The van der Waals surface area contributed by atoms with Crippen molar-refractivity contribution in [2.75, 3.05) is 19.6 Å². The molecule has 0 radical (unpaired) electrons. The predicted octanol–water partition coefficient (Wildman–Crippen LogP) is 5.73. The number of allylic oxidation sites excluding steroid dienone is 4. The minimum atomic E-state index is -0.249. The summed E-state index contributed by atoms with van der Waals surface area (Å²) in [6, 6.07) is 9.40. The van der Waals surface area contributed by atoms with Crippen molar-refractivity contribution in [1.82, 2.24) is 20.2 Å². The minimum Gasteiger partial charge on any atom is -0.491 e. The molecular formula is C28H31FN4O2S. The molecule has 1 amide bonds. The number of ether oxygens (including phenoxy) is 1. The topological polar surface area (TPSA) is 67.4 Å². The van der Waals surface area contributed by atoms with Gasteiger partial charge in [-0.3, -0.25) is 14.7 Å². The standard InChI is InChI=1S/C28H31FN4O2S/c1-18-6-3-9-23(29)26(18)35-20-11-14-33(15-12-20)25(27-19(2)32-17-36-27)16-31-28(34)22-7-4-10-24-21(22)8-5-13-30-24/h3-5,7-10,13,17-18,20,25H,6,11-12,14-16H2,1-2H3,(H,31,34). The molecule has 6 nitrogen and oxygen atoms in total. The number of amides is 1. The van der Waals surface area contributed by atoms with Crippen LogP contribution >= 0.6 is 11.3 Å². The van der Waals surface area contributed by atoms with Crippen LogP contribution in [0.15, 0.2) is 65.8 Å². The van der Waals surface area contributed by atoms with E-state index in [4.69, 9.17) is 4.74 Å². The van der Waals surface area contributed by atoms with Gasteiger partial charge in [-0.05, 0) is 50.5 Å². The molecule has 1 fully saturated rings. The van der Waals surface area contributed by atoms with Crippen LogP contribution < -0.4 is 5.32 Å². The number of fused-ring (bicyclic) bond motifs is 1. The predicted molar refractivity (Wildman–Crippen MR) is 140 cm³/mol. The highest BCUT2D eigenvalue weighted by Crippen LogP contribution is 2.33. The highest BCUT2D eigenvalue weighted by molar-refractivity contribution is 7.09. The second-order valence-corrected chi connectivity index (χ2v) is 10.4. The zero-order chi connectivity index (χ0) is 25.1. The SMILES string of the molecule is Cc1ncsc1C(CNC(=O)c1cccc2ncccc12)N1CCC(OC2=C(F)C=CCC2C)CC1. The van der Waals surface area contributed by atoms with Crippen molar-refractivity contribution < 1.29 is 13.9 Å². The van der Waals surface area contributed by atoms with E-state index in [1.165, 1.54) is 6.08 Å². The average Bonchev–Trinajstić information content (AvgIpc) is 3.32. The maximum atomic E-state index is 14.3. The molecule has 2 atom stereocenters. The van der Waals surface area contributed by atoms with E-state index in [1.807, 2.05) is 55.8 Å². The number of aromatic nitrogens is 2. The van der Waals surface area contributed by atoms with E-state index in [1.54, 1.807) is 17.5 Å². The molecule has 1 aromatic carbocycles. The largest absolute Gasteiger partial charge is 0.491 e. The number of carbonyl (C=O) groups is 1. The van der Waals surface area contributed by atoms with E-state index in [9.17, 15) is 9.18 Å². The van der Waals surface area contributed by atoms with Crippen molar-refractivity contribution >= 4 is 28.1 Å². The molecule has 1 aliphatic carbocycles. The van der Waals surface area contributed by atoms with E-state index < -0.39 is 0 Å². The van der Waals surface area contributed by atoms with Crippen LogP contribution in [0, 0.1) is 12.8 Å². The highest BCUT2D eigenvalue weighted by atomic mass is 32.1. The first kappa shape index (κ1) is 24.6. The number of benzene rings is 1. The Hall–Kier alpha value is -3.10. The van der Waals surface area contributed by atoms with Crippen molar-refractivity contribution in [1.29, 1.82) is 0 Å². The van der Waals surface area contributed by atoms with Crippen LogP contribution in [-0.2, 0) is 4.74 Å². The molecule has 0 spiro atoms. The summed E-state index contributed by atoms with van der Waals surface area (Å²) in [7, 11) is 0. The van der Waals surface area contributed by atoms with Crippen LogP contribution in [-0.4, -0.2) is 46.5 Å². The lowest BCUT2D eigenvalue weighted by molar-refractivity contribution is 0.0214. The molecule has 8 heteroatoms. The zero-order valence-corrected chi connectivity index (χ0v) is 21.4. The Morgan fingerprint density at radius 1 is 1.25 bits per heavy atom. The van der Waals surface area contributed by atoms with E-state index in [0.29, 0.717) is 17.9 Å². The maximum absolute atomic E-state index is 14.3. The van der Waals surface area contributed by atoms with Crippen LogP contribution in [0.25, 0.3) is 10.9 Å². The summed E-state index contributed by atoms with van der Waals surface area (Å²) in [6.07, 6.45) is 7.53. The monoisotopic (exact) mass is 506 g/mol. The first-order valence-electron chi connectivity index (χ1n) is 12.5. The lowest BCUT2D eigenvalue weighted by Crippen LogP contribution is -2.43. The quantitative estimate of drug-likeness (QED) is 0.443. The zero-order valence-electron chi connectivity index (χ0n) is 20.6. The molecule has 5 rings (SSSR count). The molecule has 2 aromatic heterocycles. The van der Waals surface area contributed by atoms with Gasteiger partial charge in [-0.1, -0.05) is 25.1 Å². The fourth-order valence-corrected chi connectivity index (χ4v) is 6.00. The Kier molecular flexibility index (Phi) is 7.43. The Morgan fingerprint density at radius 2 is 2.08 bits per heavy atom. The number of likely N-dealkylation sites (tertiary alicyclic amines) is 1. The summed E-state index contributed by atoms with van der Waals surface area (Å²) in [4.78, 5) is 25.6. The number of rotatable bonds is 7. The number of nitrogens with zero attached hydrogens (tertiary/aromatic N) is 3. The fourth-order valence-electron chi connectivity index (χ4n) is 5.06. The van der Waals surface area contributed by atoms with Crippen molar-refractivity contribution in [3.63, 3.8) is 0 Å². The van der Waals surface area contributed by atoms with Gasteiger partial charge in [-0.25, -0.2) is 9.37 Å². The Bertz CT molecular complexity index is 1290. The number of hydrogen-bond donors (Lipinski definition) is 1. The van der Waals surface area contributed by atoms with Crippen LogP contribution in [0.5, 0.6) is 0 Å². The van der Waals surface area contributed by atoms with Crippen molar-refractivity contribution in [3.8, 4) is 0 Å². The third-order valence-corrected chi connectivity index (χ3v) is 8.11. The third kappa shape index (κ3) is 5.20. The summed E-state index contributed by atoms with van der Waals surface area (Å²) in [5, 5.41) is 4.01. The summed E-state index contributed by atoms with van der Waals surface area (Å²) >= 11 is 1.62. The van der Waals surface area contributed by atoms with Gasteiger partial charge in [0.25, 0.3) is 5.91 Å². The van der Waals surface area contributed by atoms with E-state index in [0.717, 1.165) is 53.8 Å². The van der Waals surface area contributed by atoms with E-state index >= 15 is 0 Å². The van der Waals surface area contributed by atoms with Gasteiger partial charge in [0.15, 0.2) is 5.83 Å². The fraction of sp³-hybridized carbons (Fsp3) is 0.393. The van der Waals surface area contributed by atoms with Gasteiger partial charge in [0.2, 0.25) is 0 Å². The van der Waals surface area contributed by atoms with Crippen LogP contribution in [0.1, 0.15) is 53.2 Å². The number of hydrogen-bond acceptors (Lipinski definition) is 6. The molecule has 1 aliphatic heterocycles. The molecule has 0 bridgehead atoms. The van der Waals surface area contributed by atoms with Crippen LogP contribution in [0.4, 0.5) is 4.39 Å². The van der Waals surface area contributed by atoms with Gasteiger partial charge < -0.3 is 10.1 Å². The molecule has 36 heavy (non-hydrogen) atoms. The summed E-state index contributed by atoms with van der Waals surface area (Å²) in [5.74, 6) is 0.198. The Balaban J connectivity index is 1.27. The molecule has 1 N–H and O–H groups in total. The van der Waals surface area contributed by atoms with Gasteiger partial charge in [-0.2, -0.15) is 0 Å². The molecule has 188 valence electrons. The Labute approximate surface area is 214 Å². The lowest BCUT2D eigenvalue weighted by Gasteiger charge is -2.38. The number of thiazole rings is 1. The first-order chi connectivity index (χ1) is 17.5. The van der Waals surface area contributed by atoms with Crippen LogP contribution in [0.3, 0.4) is 0 Å². The van der Waals surface area contributed by atoms with Gasteiger partial charge in [0, 0.05) is 47.6 Å². The van der Waals surface area contributed by atoms with E-state index in [2.05, 4.69) is 20.2 Å². The lowest BCUT2D eigenvalue weighted by atomic mass is 9.99. The summed E-state index contributed by atoms with van der Waals surface area (Å²) in [5.41, 5.74) is 4.27. The number of halogens is 1. The summed E-state index contributed by atoms with van der Waals surface area (Å²) < 4.78 is 20.4. The highest BCUT2D eigenvalue weighted by Gasteiger charge is 2.31.